The Labute approximate surface area is 111 Å². The molecule has 2 fully saturated rings. The number of amides is 1. The van der Waals surface area contributed by atoms with Gasteiger partial charge in [0.2, 0.25) is 5.91 Å². The Hall–Kier alpha value is -0.280. The molecule has 100 valence electrons. The molecule has 0 aromatic rings. The maximum absolute atomic E-state index is 12.3. The van der Waals surface area contributed by atoms with Crippen LogP contribution in [0.5, 0.6) is 0 Å². The van der Waals surface area contributed by atoms with Crippen molar-refractivity contribution in [2.45, 2.75) is 45.6 Å². The van der Waals surface area contributed by atoms with Crippen molar-refractivity contribution in [3.05, 3.63) is 0 Å². The van der Waals surface area contributed by atoms with Gasteiger partial charge in [0.05, 0.1) is 6.04 Å². The molecule has 2 aliphatic rings. The van der Waals surface area contributed by atoms with Gasteiger partial charge in [-0.1, -0.05) is 20.3 Å². The molecule has 3 atom stereocenters. The summed E-state index contributed by atoms with van der Waals surface area (Å²) in [5.74, 6) is 1.77. The molecule has 2 aliphatic heterocycles. The third-order valence-electron chi connectivity index (χ3n) is 4.25. The molecule has 2 heterocycles. The van der Waals surface area contributed by atoms with E-state index in [0.717, 1.165) is 32.0 Å². The average Bonchev–Trinajstić information content (AvgIpc) is 2.33. The van der Waals surface area contributed by atoms with Crippen LogP contribution in [0.3, 0.4) is 0 Å². The summed E-state index contributed by atoms with van der Waals surface area (Å²) in [6.45, 7) is 7.49. The highest BCUT2D eigenvalue weighted by Crippen LogP contribution is 2.23. The maximum atomic E-state index is 12.3. The SMILES string of the molecule is CC1CCN(C(=O)[C@H]2CCCCN2)CC1C.Cl. The predicted molar refractivity (Wildman–Crippen MR) is 72.4 cm³/mol. The fourth-order valence-corrected chi connectivity index (χ4v) is 2.75. The van der Waals surface area contributed by atoms with Gasteiger partial charge in [0.25, 0.3) is 0 Å². The van der Waals surface area contributed by atoms with Crippen LogP contribution < -0.4 is 5.32 Å². The zero-order valence-electron chi connectivity index (χ0n) is 10.9. The number of likely N-dealkylation sites (tertiary alicyclic amines) is 1. The fraction of sp³-hybridized carbons (Fsp3) is 0.923. The van der Waals surface area contributed by atoms with Gasteiger partial charge in [-0.2, -0.15) is 0 Å². The molecule has 0 saturated carbocycles. The average molecular weight is 261 g/mol. The predicted octanol–water partition coefficient (Wildman–Crippen LogP) is 2.05. The molecule has 0 aromatic carbocycles. The molecule has 0 spiro atoms. The molecular weight excluding hydrogens is 236 g/mol. The molecular formula is C13H25ClN2O. The summed E-state index contributed by atoms with van der Waals surface area (Å²) in [6, 6.07) is 0.106. The number of nitrogens with one attached hydrogen (secondary N) is 1. The van der Waals surface area contributed by atoms with E-state index < -0.39 is 0 Å². The van der Waals surface area contributed by atoms with Crippen molar-refractivity contribution in [2.24, 2.45) is 11.8 Å². The van der Waals surface area contributed by atoms with Crippen LogP contribution in [0, 0.1) is 11.8 Å². The van der Waals surface area contributed by atoms with E-state index in [1.165, 1.54) is 19.3 Å². The first-order valence-electron chi connectivity index (χ1n) is 6.70. The highest BCUT2D eigenvalue weighted by Gasteiger charge is 2.30. The molecule has 0 aromatic heterocycles. The first-order chi connectivity index (χ1) is 7.68. The van der Waals surface area contributed by atoms with Crippen molar-refractivity contribution >= 4 is 18.3 Å². The smallest absolute Gasteiger partial charge is 0.239 e. The van der Waals surface area contributed by atoms with E-state index in [9.17, 15) is 4.79 Å². The largest absolute Gasteiger partial charge is 0.341 e. The van der Waals surface area contributed by atoms with Crippen molar-refractivity contribution < 1.29 is 4.79 Å². The van der Waals surface area contributed by atoms with Gasteiger partial charge in [-0.15, -0.1) is 12.4 Å². The summed E-state index contributed by atoms with van der Waals surface area (Å²) >= 11 is 0. The van der Waals surface area contributed by atoms with E-state index in [1.807, 2.05) is 0 Å². The summed E-state index contributed by atoms with van der Waals surface area (Å²) < 4.78 is 0. The lowest BCUT2D eigenvalue weighted by atomic mass is 9.88. The van der Waals surface area contributed by atoms with Gasteiger partial charge in [0.1, 0.15) is 0 Å². The first kappa shape index (κ1) is 14.8. The maximum Gasteiger partial charge on any atom is 0.239 e. The van der Waals surface area contributed by atoms with E-state index in [4.69, 9.17) is 0 Å². The quantitative estimate of drug-likeness (QED) is 0.783. The molecule has 0 radical (unpaired) electrons. The monoisotopic (exact) mass is 260 g/mol. The van der Waals surface area contributed by atoms with Gasteiger partial charge in [0.15, 0.2) is 0 Å². The van der Waals surface area contributed by atoms with Crippen LogP contribution in [-0.4, -0.2) is 36.5 Å². The molecule has 0 aliphatic carbocycles. The molecule has 4 heteroatoms. The number of nitrogens with zero attached hydrogens (tertiary/aromatic N) is 1. The molecule has 17 heavy (non-hydrogen) atoms. The Bertz CT molecular complexity index is 254. The molecule has 2 unspecified atom stereocenters. The molecule has 3 nitrogen and oxygen atoms in total. The highest BCUT2D eigenvalue weighted by atomic mass is 35.5. The van der Waals surface area contributed by atoms with E-state index in [-0.39, 0.29) is 18.4 Å². The third kappa shape index (κ3) is 3.59. The number of hydrogen-bond acceptors (Lipinski definition) is 2. The van der Waals surface area contributed by atoms with Gasteiger partial charge in [-0.25, -0.2) is 0 Å². The van der Waals surface area contributed by atoms with Crippen LogP contribution >= 0.6 is 12.4 Å². The Kier molecular flexibility index (Phi) is 5.74. The number of rotatable bonds is 1. The van der Waals surface area contributed by atoms with Crippen LogP contribution in [0.2, 0.25) is 0 Å². The van der Waals surface area contributed by atoms with E-state index in [2.05, 4.69) is 24.1 Å². The summed E-state index contributed by atoms with van der Waals surface area (Å²) in [6.07, 6.45) is 4.61. The van der Waals surface area contributed by atoms with Gasteiger partial charge in [0, 0.05) is 13.1 Å². The molecule has 0 bridgehead atoms. The molecule has 2 rings (SSSR count). The van der Waals surface area contributed by atoms with Crippen molar-refractivity contribution in [3.8, 4) is 0 Å². The van der Waals surface area contributed by atoms with Crippen molar-refractivity contribution in [1.29, 1.82) is 0 Å². The lowest BCUT2D eigenvalue weighted by molar-refractivity contribution is -0.136. The van der Waals surface area contributed by atoms with Gasteiger partial charge < -0.3 is 10.2 Å². The number of halogens is 1. The number of hydrogen-bond donors (Lipinski definition) is 1. The van der Waals surface area contributed by atoms with E-state index >= 15 is 0 Å². The third-order valence-corrected chi connectivity index (χ3v) is 4.25. The Morgan fingerprint density at radius 3 is 2.53 bits per heavy atom. The van der Waals surface area contributed by atoms with Crippen LogP contribution in [-0.2, 0) is 4.79 Å². The van der Waals surface area contributed by atoms with E-state index in [1.54, 1.807) is 0 Å². The summed E-state index contributed by atoms with van der Waals surface area (Å²) in [7, 11) is 0. The normalized spacial score (nSPS) is 34.0. The second-order valence-corrected chi connectivity index (χ2v) is 5.53. The van der Waals surface area contributed by atoms with Crippen molar-refractivity contribution in [2.75, 3.05) is 19.6 Å². The fourth-order valence-electron chi connectivity index (χ4n) is 2.75. The van der Waals surface area contributed by atoms with Crippen LogP contribution in [0.1, 0.15) is 39.5 Å². The lowest BCUT2D eigenvalue weighted by Crippen LogP contribution is -2.52. The van der Waals surface area contributed by atoms with Crippen molar-refractivity contribution in [1.82, 2.24) is 10.2 Å². The highest BCUT2D eigenvalue weighted by molar-refractivity contribution is 5.85. The first-order valence-corrected chi connectivity index (χ1v) is 6.70. The Morgan fingerprint density at radius 1 is 1.18 bits per heavy atom. The van der Waals surface area contributed by atoms with Crippen LogP contribution in [0.15, 0.2) is 0 Å². The lowest BCUT2D eigenvalue weighted by Gasteiger charge is -2.38. The zero-order chi connectivity index (χ0) is 11.5. The summed E-state index contributed by atoms with van der Waals surface area (Å²) in [5.41, 5.74) is 0. The molecule has 2 saturated heterocycles. The molecule has 1 N–H and O–H groups in total. The second-order valence-electron chi connectivity index (χ2n) is 5.53. The van der Waals surface area contributed by atoms with Gasteiger partial charge in [-0.3, -0.25) is 4.79 Å². The minimum atomic E-state index is 0. The standard InChI is InChI=1S/C13H24N2O.ClH/c1-10-6-8-15(9-11(10)2)13(16)12-5-3-4-7-14-12;/h10-12,14H,3-9H2,1-2H3;1H/t10?,11?,12-;/m1./s1. The van der Waals surface area contributed by atoms with Crippen molar-refractivity contribution in [3.63, 3.8) is 0 Å². The minimum Gasteiger partial charge on any atom is -0.341 e. The Balaban J connectivity index is 0.00000144. The summed E-state index contributed by atoms with van der Waals surface area (Å²) in [4.78, 5) is 14.3. The minimum absolute atomic E-state index is 0. The van der Waals surface area contributed by atoms with Crippen LogP contribution in [0.25, 0.3) is 0 Å². The van der Waals surface area contributed by atoms with Crippen LogP contribution in [0.4, 0.5) is 0 Å². The topological polar surface area (TPSA) is 32.3 Å². The number of carbonyl (C=O) groups excluding carboxylic acids is 1. The molecule has 1 amide bonds. The zero-order valence-corrected chi connectivity index (χ0v) is 11.8. The second kappa shape index (κ2) is 6.60. The summed E-state index contributed by atoms with van der Waals surface area (Å²) in [5, 5.41) is 3.35. The number of carbonyl (C=O) groups is 1. The van der Waals surface area contributed by atoms with E-state index in [0.29, 0.717) is 11.8 Å². The Morgan fingerprint density at radius 2 is 1.94 bits per heavy atom. The van der Waals surface area contributed by atoms with Gasteiger partial charge in [-0.05, 0) is 37.6 Å². The number of piperidine rings is 2. The van der Waals surface area contributed by atoms with Gasteiger partial charge >= 0.3 is 0 Å².